The Bertz CT molecular complexity index is 748. The number of nitrogens with one attached hydrogen (secondary N) is 3. The van der Waals surface area contributed by atoms with Gasteiger partial charge in [0, 0.05) is 17.5 Å². The number of hydrogen-bond acceptors (Lipinski definition) is 3. The highest BCUT2D eigenvalue weighted by molar-refractivity contribution is 6.30. The number of halogens is 1. The van der Waals surface area contributed by atoms with Gasteiger partial charge in [0.15, 0.2) is 0 Å². The van der Waals surface area contributed by atoms with E-state index in [0.29, 0.717) is 10.6 Å². The van der Waals surface area contributed by atoms with E-state index in [0.717, 1.165) is 5.56 Å². The third-order valence-electron chi connectivity index (χ3n) is 3.39. The van der Waals surface area contributed by atoms with Crippen LogP contribution in [0.25, 0.3) is 0 Å². The van der Waals surface area contributed by atoms with Crippen LogP contribution in [0.4, 0.5) is 0 Å². The van der Waals surface area contributed by atoms with Crippen molar-refractivity contribution in [2.75, 3.05) is 0 Å². The van der Waals surface area contributed by atoms with E-state index in [1.165, 1.54) is 6.92 Å². The summed E-state index contributed by atoms with van der Waals surface area (Å²) in [7, 11) is 0. The average molecular weight is 360 g/mol. The van der Waals surface area contributed by atoms with Crippen molar-refractivity contribution < 1.29 is 14.4 Å². The first-order chi connectivity index (χ1) is 12.0. The molecule has 1 unspecified atom stereocenters. The van der Waals surface area contributed by atoms with Gasteiger partial charge < -0.3 is 5.32 Å². The highest BCUT2D eigenvalue weighted by atomic mass is 35.5. The molecule has 0 aliphatic rings. The maximum Gasteiger partial charge on any atom is 0.269 e. The number of carbonyl (C=O) groups is 3. The van der Waals surface area contributed by atoms with Crippen LogP contribution in [0.15, 0.2) is 54.6 Å². The highest BCUT2D eigenvalue weighted by Gasteiger charge is 2.17. The molecule has 0 aliphatic heterocycles. The van der Waals surface area contributed by atoms with Crippen molar-refractivity contribution in [2.24, 2.45) is 0 Å². The molecule has 0 heterocycles. The molecule has 0 aliphatic carbocycles. The summed E-state index contributed by atoms with van der Waals surface area (Å²) in [5.41, 5.74) is 5.87. The Labute approximate surface area is 150 Å². The van der Waals surface area contributed by atoms with Gasteiger partial charge in [-0.05, 0) is 29.8 Å². The Kier molecular flexibility index (Phi) is 6.54. The maximum atomic E-state index is 12.1. The SMILES string of the molecule is CC(=O)NC(CC(=O)NNC(=O)c1ccccc1)c1ccc(Cl)cc1. The second-order valence-electron chi connectivity index (χ2n) is 5.38. The zero-order valence-electron chi connectivity index (χ0n) is 13.6. The first-order valence-corrected chi connectivity index (χ1v) is 8.00. The van der Waals surface area contributed by atoms with Gasteiger partial charge in [0.05, 0.1) is 12.5 Å². The predicted octanol–water partition coefficient (Wildman–Crippen LogP) is 2.37. The summed E-state index contributed by atoms with van der Waals surface area (Å²) >= 11 is 5.86. The van der Waals surface area contributed by atoms with Gasteiger partial charge >= 0.3 is 0 Å². The van der Waals surface area contributed by atoms with Gasteiger partial charge in [-0.25, -0.2) is 0 Å². The van der Waals surface area contributed by atoms with E-state index in [2.05, 4.69) is 16.2 Å². The van der Waals surface area contributed by atoms with E-state index in [1.54, 1.807) is 54.6 Å². The molecule has 0 bridgehead atoms. The van der Waals surface area contributed by atoms with Gasteiger partial charge in [-0.2, -0.15) is 0 Å². The van der Waals surface area contributed by atoms with Crippen LogP contribution in [0.3, 0.4) is 0 Å². The molecule has 2 rings (SSSR count). The molecule has 6 nitrogen and oxygen atoms in total. The summed E-state index contributed by atoms with van der Waals surface area (Å²) in [6, 6.07) is 14.8. The number of carbonyl (C=O) groups excluding carboxylic acids is 3. The van der Waals surface area contributed by atoms with Gasteiger partial charge in [0.25, 0.3) is 5.91 Å². The fourth-order valence-electron chi connectivity index (χ4n) is 2.22. The Balaban J connectivity index is 1.96. The van der Waals surface area contributed by atoms with E-state index >= 15 is 0 Å². The Morgan fingerprint density at radius 2 is 1.60 bits per heavy atom. The number of hydrazine groups is 1. The minimum atomic E-state index is -0.525. The molecular weight excluding hydrogens is 342 g/mol. The lowest BCUT2D eigenvalue weighted by Gasteiger charge is -2.18. The van der Waals surface area contributed by atoms with Gasteiger partial charge in [-0.15, -0.1) is 0 Å². The quantitative estimate of drug-likeness (QED) is 0.716. The van der Waals surface area contributed by atoms with Gasteiger partial charge in [-0.1, -0.05) is 41.9 Å². The van der Waals surface area contributed by atoms with Crippen LogP contribution >= 0.6 is 11.6 Å². The molecule has 25 heavy (non-hydrogen) atoms. The van der Waals surface area contributed by atoms with Crippen LogP contribution in [0.1, 0.15) is 35.3 Å². The number of benzene rings is 2. The summed E-state index contributed by atoms with van der Waals surface area (Å²) in [4.78, 5) is 35.4. The van der Waals surface area contributed by atoms with E-state index in [9.17, 15) is 14.4 Å². The molecule has 0 spiro atoms. The monoisotopic (exact) mass is 359 g/mol. The minimum Gasteiger partial charge on any atom is -0.349 e. The van der Waals surface area contributed by atoms with Crippen molar-refractivity contribution in [1.29, 1.82) is 0 Å². The lowest BCUT2D eigenvalue weighted by molar-refractivity contribution is -0.123. The van der Waals surface area contributed by atoms with E-state index in [1.807, 2.05) is 0 Å². The van der Waals surface area contributed by atoms with Crippen molar-refractivity contribution in [3.63, 3.8) is 0 Å². The molecule has 3 N–H and O–H groups in total. The highest BCUT2D eigenvalue weighted by Crippen LogP contribution is 2.19. The molecule has 130 valence electrons. The molecule has 0 saturated heterocycles. The molecule has 0 aromatic heterocycles. The maximum absolute atomic E-state index is 12.1. The predicted molar refractivity (Wildman–Crippen MR) is 94.7 cm³/mol. The lowest BCUT2D eigenvalue weighted by atomic mass is 10.0. The number of amides is 3. The van der Waals surface area contributed by atoms with Gasteiger partial charge in [0.2, 0.25) is 11.8 Å². The number of hydrogen-bond donors (Lipinski definition) is 3. The standard InChI is InChI=1S/C18H18ClN3O3/c1-12(23)20-16(13-7-9-15(19)10-8-13)11-17(24)21-22-18(25)14-5-3-2-4-6-14/h2-10,16H,11H2,1H3,(H,20,23)(H,21,24)(H,22,25). The first kappa shape index (κ1) is 18.5. The summed E-state index contributed by atoms with van der Waals surface area (Å²) in [6.07, 6.45) is -0.0315. The molecule has 2 aromatic rings. The summed E-state index contributed by atoms with van der Waals surface area (Å²) in [5, 5.41) is 3.27. The van der Waals surface area contributed by atoms with Crippen LogP contribution in [0, 0.1) is 0 Å². The van der Waals surface area contributed by atoms with Crippen molar-refractivity contribution in [1.82, 2.24) is 16.2 Å². The normalized spacial score (nSPS) is 11.3. The van der Waals surface area contributed by atoms with Gasteiger partial charge in [-0.3, -0.25) is 25.2 Å². The first-order valence-electron chi connectivity index (χ1n) is 7.62. The Morgan fingerprint density at radius 3 is 2.20 bits per heavy atom. The van der Waals surface area contributed by atoms with Crippen LogP contribution in [-0.4, -0.2) is 17.7 Å². The topological polar surface area (TPSA) is 87.3 Å². The van der Waals surface area contributed by atoms with Crippen LogP contribution in [0.2, 0.25) is 5.02 Å². The Hall–Kier alpha value is -2.86. The van der Waals surface area contributed by atoms with Crippen molar-refractivity contribution in [3.05, 3.63) is 70.7 Å². The fourth-order valence-corrected chi connectivity index (χ4v) is 2.34. The lowest BCUT2D eigenvalue weighted by Crippen LogP contribution is -2.43. The molecule has 0 fully saturated rings. The van der Waals surface area contributed by atoms with Gasteiger partial charge in [0.1, 0.15) is 0 Å². The zero-order valence-corrected chi connectivity index (χ0v) is 14.3. The van der Waals surface area contributed by atoms with E-state index in [4.69, 9.17) is 11.6 Å². The molecule has 1 atom stereocenters. The van der Waals surface area contributed by atoms with E-state index in [-0.39, 0.29) is 12.3 Å². The van der Waals surface area contributed by atoms with Crippen LogP contribution < -0.4 is 16.2 Å². The molecule has 7 heteroatoms. The molecular formula is C18H18ClN3O3. The average Bonchev–Trinajstić information content (AvgIpc) is 2.60. The molecule has 0 saturated carbocycles. The number of rotatable bonds is 5. The zero-order chi connectivity index (χ0) is 18.2. The third kappa shape index (κ3) is 5.93. The third-order valence-corrected chi connectivity index (χ3v) is 3.64. The summed E-state index contributed by atoms with van der Waals surface area (Å²) in [6.45, 7) is 1.37. The van der Waals surface area contributed by atoms with Crippen molar-refractivity contribution in [2.45, 2.75) is 19.4 Å². The minimum absolute atomic E-state index is 0.0315. The second kappa shape index (κ2) is 8.84. The molecule has 0 radical (unpaired) electrons. The largest absolute Gasteiger partial charge is 0.349 e. The van der Waals surface area contributed by atoms with Crippen molar-refractivity contribution in [3.8, 4) is 0 Å². The molecule has 2 aromatic carbocycles. The Morgan fingerprint density at radius 1 is 0.960 bits per heavy atom. The molecule has 3 amide bonds. The van der Waals surface area contributed by atoms with E-state index < -0.39 is 17.9 Å². The fraction of sp³-hybridized carbons (Fsp3) is 0.167. The smallest absolute Gasteiger partial charge is 0.269 e. The second-order valence-corrected chi connectivity index (χ2v) is 5.81. The van der Waals surface area contributed by atoms with Crippen molar-refractivity contribution >= 4 is 29.3 Å². The van der Waals surface area contributed by atoms with Crippen LogP contribution in [0.5, 0.6) is 0 Å². The van der Waals surface area contributed by atoms with Crippen LogP contribution in [-0.2, 0) is 9.59 Å². The summed E-state index contributed by atoms with van der Waals surface area (Å²) in [5.74, 6) is -1.12. The summed E-state index contributed by atoms with van der Waals surface area (Å²) < 4.78 is 0.